The van der Waals surface area contributed by atoms with Crippen LogP contribution in [0.3, 0.4) is 0 Å². The third kappa shape index (κ3) is 2.35. The third-order valence-corrected chi connectivity index (χ3v) is 3.96. The Labute approximate surface area is 89.5 Å². The molecule has 2 atom stereocenters. The molecule has 1 aromatic rings. The van der Waals surface area contributed by atoms with Crippen LogP contribution in [-0.2, 0) is 0 Å². The zero-order valence-electron chi connectivity index (χ0n) is 8.41. The normalized spacial score (nSPS) is 27.8. The zero-order valence-corrected chi connectivity index (χ0v) is 9.22. The molecular weight excluding hydrogens is 192 g/mol. The van der Waals surface area contributed by atoms with Crippen LogP contribution in [0.15, 0.2) is 17.5 Å². The molecule has 0 spiro atoms. The predicted molar refractivity (Wildman–Crippen MR) is 61.5 cm³/mol. The van der Waals surface area contributed by atoms with Crippen LogP contribution in [0.2, 0.25) is 0 Å². The van der Waals surface area contributed by atoms with Crippen LogP contribution >= 0.6 is 11.3 Å². The van der Waals surface area contributed by atoms with Gasteiger partial charge in [0.15, 0.2) is 0 Å². The first-order valence-electron chi connectivity index (χ1n) is 5.37. The topological polar surface area (TPSA) is 38.0 Å². The minimum Gasteiger partial charge on any atom is -0.330 e. The molecule has 0 aromatic carbocycles. The van der Waals surface area contributed by atoms with Crippen molar-refractivity contribution in [2.24, 2.45) is 11.7 Å². The van der Waals surface area contributed by atoms with Gasteiger partial charge >= 0.3 is 0 Å². The summed E-state index contributed by atoms with van der Waals surface area (Å²) in [6.07, 6.45) is 3.77. The number of nitrogens with two attached hydrogens (primary N) is 1. The average Bonchev–Trinajstić information content (AvgIpc) is 2.72. The highest BCUT2D eigenvalue weighted by molar-refractivity contribution is 7.10. The Morgan fingerprint density at radius 1 is 1.50 bits per heavy atom. The molecule has 1 saturated heterocycles. The van der Waals surface area contributed by atoms with Crippen LogP contribution in [0.1, 0.15) is 30.2 Å². The summed E-state index contributed by atoms with van der Waals surface area (Å²) in [5, 5.41) is 5.77. The van der Waals surface area contributed by atoms with E-state index in [0.717, 1.165) is 19.0 Å². The lowest BCUT2D eigenvalue weighted by molar-refractivity contribution is 0.306. The Kier molecular flexibility index (Phi) is 3.56. The van der Waals surface area contributed by atoms with Gasteiger partial charge < -0.3 is 11.1 Å². The van der Waals surface area contributed by atoms with Crippen molar-refractivity contribution >= 4 is 11.3 Å². The highest BCUT2D eigenvalue weighted by Gasteiger charge is 2.21. The molecule has 1 aromatic heterocycles. The van der Waals surface area contributed by atoms with Gasteiger partial charge in [0.2, 0.25) is 0 Å². The van der Waals surface area contributed by atoms with E-state index in [0.29, 0.717) is 6.04 Å². The second kappa shape index (κ2) is 4.91. The lowest BCUT2D eigenvalue weighted by Crippen LogP contribution is -2.33. The van der Waals surface area contributed by atoms with Gasteiger partial charge in [0.25, 0.3) is 0 Å². The molecule has 0 amide bonds. The fourth-order valence-corrected chi connectivity index (χ4v) is 2.97. The molecular formula is C11H18N2S. The predicted octanol–water partition coefficient (Wildman–Crippen LogP) is 2.14. The summed E-state index contributed by atoms with van der Waals surface area (Å²) in [6, 6.07) is 4.96. The van der Waals surface area contributed by atoms with Crippen molar-refractivity contribution in [3.8, 4) is 0 Å². The molecule has 14 heavy (non-hydrogen) atoms. The monoisotopic (exact) mass is 210 g/mol. The number of piperidine rings is 1. The Bertz CT molecular complexity index is 250. The van der Waals surface area contributed by atoms with Crippen LogP contribution in [0.5, 0.6) is 0 Å². The lowest BCUT2D eigenvalue weighted by atomic mass is 9.92. The van der Waals surface area contributed by atoms with E-state index in [-0.39, 0.29) is 0 Å². The first-order chi connectivity index (χ1) is 6.90. The highest BCUT2D eigenvalue weighted by Crippen LogP contribution is 2.29. The summed E-state index contributed by atoms with van der Waals surface area (Å²) in [4.78, 5) is 1.48. The second-order valence-corrected chi connectivity index (χ2v) is 4.98. The molecule has 2 unspecified atom stereocenters. The van der Waals surface area contributed by atoms with E-state index in [1.165, 1.54) is 24.1 Å². The van der Waals surface area contributed by atoms with Gasteiger partial charge in [-0.3, -0.25) is 0 Å². The zero-order chi connectivity index (χ0) is 9.80. The lowest BCUT2D eigenvalue weighted by Gasteiger charge is -2.29. The largest absolute Gasteiger partial charge is 0.330 e. The van der Waals surface area contributed by atoms with Crippen molar-refractivity contribution in [2.75, 3.05) is 13.1 Å². The van der Waals surface area contributed by atoms with Crippen molar-refractivity contribution in [1.29, 1.82) is 0 Å². The third-order valence-electron chi connectivity index (χ3n) is 2.98. The number of hydrogen-bond donors (Lipinski definition) is 2. The molecule has 1 aliphatic rings. The molecule has 3 N–H and O–H groups in total. The number of rotatable bonds is 3. The molecule has 2 heterocycles. The van der Waals surface area contributed by atoms with E-state index in [1.54, 1.807) is 0 Å². The van der Waals surface area contributed by atoms with E-state index >= 15 is 0 Å². The van der Waals surface area contributed by atoms with Gasteiger partial charge in [-0.15, -0.1) is 11.3 Å². The van der Waals surface area contributed by atoms with Gasteiger partial charge in [-0.25, -0.2) is 0 Å². The maximum Gasteiger partial charge on any atom is 0.0414 e. The van der Waals surface area contributed by atoms with Crippen LogP contribution < -0.4 is 11.1 Å². The fourth-order valence-electron chi connectivity index (χ4n) is 2.13. The van der Waals surface area contributed by atoms with E-state index in [4.69, 9.17) is 5.73 Å². The summed E-state index contributed by atoms with van der Waals surface area (Å²) in [5.74, 6) is 0.802. The van der Waals surface area contributed by atoms with Crippen LogP contribution in [-0.4, -0.2) is 13.1 Å². The quantitative estimate of drug-likeness (QED) is 0.802. The summed E-state index contributed by atoms with van der Waals surface area (Å²) in [5.41, 5.74) is 5.56. The molecule has 0 radical (unpaired) electrons. The molecule has 2 rings (SSSR count). The Balaban J connectivity index is 1.84. The number of hydrogen-bond acceptors (Lipinski definition) is 3. The minimum atomic E-state index is 0.601. The minimum absolute atomic E-state index is 0.601. The molecule has 0 aliphatic carbocycles. The molecule has 78 valence electrons. The van der Waals surface area contributed by atoms with Gasteiger partial charge in [-0.2, -0.15) is 0 Å². The van der Waals surface area contributed by atoms with Gasteiger partial charge in [-0.1, -0.05) is 6.07 Å². The molecule has 1 aliphatic heterocycles. The maximum atomic E-state index is 5.56. The second-order valence-electron chi connectivity index (χ2n) is 4.00. The van der Waals surface area contributed by atoms with Crippen molar-refractivity contribution in [2.45, 2.75) is 25.3 Å². The first-order valence-corrected chi connectivity index (χ1v) is 6.25. The number of thiophene rings is 1. The SMILES string of the molecule is NCCC1CCC(c2cccs2)NC1. The van der Waals surface area contributed by atoms with E-state index in [1.807, 2.05) is 11.3 Å². The summed E-state index contributed by atoms with van der Waals surface area (Å²) in [6.45, 7) is 1.97. The van der Waals surface area contributed by atoms with Crippen molar-refractivity contribution in [3.05, 3.63) is 22.4 Å². The Morgan fingerprint density at radius 3 is 3.00 bits per heavy atom. The smallest absolute Gasteiger partial charge is 0.0414 e. The summed E-state index contributed by atoms with van der Waals surface area (Å²) in [7, 11) is 0. The van der Waals surface area contributed by atoms with Gasteiger partial charge in [0, 0.05) is 10.9 Å². The first kappa shape index (κ1) is 10.1. The maximum absolute atomic E-state index is 5.56. The fraction of sp³-hybridized carbons (Fsp3) is 0.636. The summed E-state index contributed by atoms with van der Waals surface area (Å²) < 4.78 is 0. The standard InChI is InChI=1S/C11H18N2S/c12-6-5-9-3-4-10(13-8-9)11-2-1-7-14-11/h1-2,7,9-10,13H,3-6,8,12H2. The summed E-state index contributed by atoms with van der Waals surface area (Å²) >= 11 is 1.86. The molecule has 2 nitrogen and oxygen atoms in total. The van der Waals surface area contributed by atoms with Crippen molar-refractivity contribution < 1.29 is 0 Å². The van der Waals surface area contributed by atoms with Gasteiger partial charge in [-0.05, 0) is 49.7 Å². The molecule has 3 heteroatoms. The Morgan fingerprint density at radius 2 is 2.43 bits per heavy atom. The van der Waals surface area contributed by atoms with E-state index in [2.05, 4.69) is 22.8 Å². The highest BCUT2D eigenvalue weighted by atomic mass is 32.1. The van der Waals surface area contributed by atoms with Gasteiger partial charge in [0.1, 0.15) is 0 Å². The molecule has 0 bridgehead atoms. The van der Waals surface area contributed by atoms with Crippen molar-refractivity contribution in [1.82, 2.24) is 5.32 Å². The molecule has 0 saturated carbocycles. The number of nitrogens with one attached hydrogen (secondary N) is 1. The van der Waals surface area contributed by atoms with E-state index < -0.39 is 0 Å². The average molecular weight is 210 g/mol. The van der Waals surface area contributed by atoms with Crippen LogP contribution in [0, 0.1) is 5.92 Å². The molecule has 1 fully saturated rings. The Hall–Kier alpha value is -0.380. The van der Waals surface area contributed by atoms with Crippen LogP contribution in [0.25, 0.3) is 0 Å². The van der Waals surface area contributed by atoms with Crippen molar-refractivity contribution in [3.63, 3.8) is 0 Å². The van der Waals surface area contributed by atoms with Gasteiger partial charge in [0.05, 0.1) is 0 Å². The van der Waals surface area contributed by atoms with Crippen LogP contribution in [0.4, 0.5) is 0 Å². The van der Waals surface area contributed by atoms with E-state index in [9.17, 15) is 0 Å².